The van der Waals surface area contributed by atoms with E-state index in [1.54, 1.807) is 47.4 Å². The number of rotatable bonds is 7. The summed E-state index contributed by atoms with van der Waals surface area (Å²) in [4.78, 5) is 28.2. The maximum Gasteiger partial charge on any atom is 0.270 e. The summed E-state index contributed by atoms with van der Waals surface area (Å²) >= 11 is 6.20. The molecule has 2 amide bonds. The number of nitrogens with one attached hydrogen (secondary N) is 1. The van der Waals surface area contributed by atoms with E-state index in [1.165, 1.54) is 21.3 Å². The van der Waals surface area contributed by atoms with Gasteiger partial charge in [0.1, 0.15) is 5.70 Å². The molecule has 2 aromatic carbocycles. The number of methoxy groups -OCH3 is 3. The zero-order valence-electron chi connectivity index (χ0n) is 19.3. The van der Waals surface area contributed by atoms with E-state index >= 15 is 0 Å². The van der Waals surface area contributed by atoms with Gasteiger partial charge < -0.3 is 24.4 Å². The van der Waals surface area contributed by atoms with Crippen LogP contribution in [0.25, 0.3) is 6.08 Å². The predicted molar refractivity (Wildman–Crippen MR) is 128 cm³/mol. The number of halogens is 1. The molecular formula is C25H29ClN2O5. The fourth-order valence-electron chi connectivity index (χ4n) is 3.72. The highest BCUT2D eigenvalue weighted by Gasteiger charge is 2.25. The van der Waals surface area contributed by atoms with Gasteiger partial charge >= 0.3 is 0 Å². The smallest absolute Gasteiger partial charge is 0.270 e. The molecule has 176 valence electrons. The van der Waals surface area contributed by atoms with Crippen molar-refractivity contribution in [3.8, 4) is 17.2 Å². The molecule has 0 aliphatic carbocycles. The maximum absolute atomic E-state index is 13.4. The minimum Gasteiger partial charge on any atom is -0.493 e. The zero-order valence-corrected chi connectivity index (χ0v) is 20.1. The number of carbonyl (C=O) groups is 2. The van der Waals surface area contributed by atoms with Gasteiger partial charge in [-0.05, 0) is 54.7 Å². The average molecular weight is 473 g/mol. The fraction of sp³-hybridized carbons (Fsp3) is 0.360. The number of piperidine rings is 1. The molecular weight excluding hydrogens is 444 g/mol. The van der Waals surface area contributed by atoms with E-state index in [2.05, 4.69) is 12.2 Å². The summed E-state index contributed by atoms with van der Waals surface area (Å²) in [7, 11) is 4.56. The molecule has 0 unspecified atom stereocenters. The van der Waals surface area contributed by atoms with Gasteiger partial charge in [-0.2, -0.15) is 0 Å². The first-order valence-corrected chi connectivity index (χ1v) is 11.1. The molecule has 0 aromatic heterocycles. The van der Waals surface area contributed by atoms with Gasteiger partial charge in [0.2, 0.25) is 5.75 Å². The molecule has 33 heavy (non-hydrogen) atoms. The number of ether oxygens (including phenoxy) is 3. The van der Waals surface area contributed by atoms with Crippen LogP contribution < -0.4 is 19.5 Å². The van der Waals surface area contributed by atoms with Crippen LogP contribution in [0, 0.1) is 5.92 Å². The van der Waals surface area contributed by atoms with Crippen molar-refractivity contribution in [2.45, 2.75) is 19.8 Å². The molecule has 0 spiro atoms. The largest absolute Gasteiger partial charge is 0.493 e. The van der Waals surface area contributed by atoms with Crippen LogP contribution in [0.5, 0.6) is 17.2 Å². The molecule has 1 fully saturated rings. The molecule has 1 heterocycles. The number of carbonyl (C=O) groups excluding carboxylic acids is 2. The van der Waals surface area contributed by atoms with Crippen LogP contribution in [0.15, 0.2) is 42.1 Å². The van der Waals surface area contributed by atoms with Crippen LogP contribution in [0.2, 0.25) is 5.02 Å². The van der Waals surface area contributed by atoms with E-state index in [1.807, 2.05) is 0 Å². The highest BCUT2D eigenvalue weighted by atomic mass is 35.5. The fourth-order valence-corrected chi connectivity index (χ4v) is 3.94. The van der Waals surface area contributed by atoms with Crippen LogP contribution >= 0.6 is 11.6 Å². The lowest BCUT2D eigenvalue weighted by Gasteiger charge is -2.31. The van der Waals surface area contributed by atoms with Gasteiger partial charge in [-0.25, -0.2) is 0 Å². The summed E-state index contributed by atoms with van der Waals surface area (Å²) in [5, 5.41) is 3.07. The van der Waals surface area contributed by atoms with Crippen molar-refractivity contribution in [2.75, 3.05) is 34.4 Å². The van der Waals surface area contributed by atoms with Crippen molar-refractivity contribution in [1.29, 1.82) is 0 Å². The van der Waals surface area contributed by atoms with Crippen molar-refractivity contribution in [3.05, 3.63) is 58.2 Å². The molecule has 2 aromatic rings. The Morgan fingerprint density at radius 2 is 1.64 bits per heavy atom. The van der Waals surface area contributed by atoms with Gasteiger partial charge in [-0.1, -0.05) is 30.7 Å². The minimum absolute atomic E-state index is 0.142. The number of benzene rings is 2. The van der Waals surface area contributed by atoms with Gasteiger partial charge in [-0.3, -0.25) is 9.59 Å². The van der Waals surface area contributed by atoms with E-state index in [-0.39, 0.29) is 17.2 Å². The summed E-state index contributed by atoms with van der Waals surface area (Å²) in [5.74, 6) is 1.18. The lowest BCUT2D eigenvalue weighted by Crippen LogP contribution is -2.42. The Labute approximate surface area is 199 Å². The van der Waals surface area contributed by atoms with Crippen LogP contribution in [0.3, 0.4) is 0 Å². The summed E-state index contributed by atoms with van der Waals surface area (Å²) in [6.07, 6.45) is 3.45. The number of likely N-dealkylation sites (tertiary alicyclic amines) is 1. The maximum atomic E-state index is 13.4. The Morgan fingerprint density at radius 3 is 2.18 bits per heavy atom. The Balaban J connectivity index is 2.01. The molecule has 0 saturated carbocycles. The van der Waals surface area contributed by atoms with Gasteiger partial charge in [0, 0.05) is 13.1 Å². The number of amides is 2. The molecule has 8 heteroatoms. The van der Waals surface area contributed by atoms with Crippen molar-refractivity contribution in [3.63, 3.8) is 0 Å². The van der Waals surface area contributed by atoms with Gasteiger partial charge in [0.25, 0.3) is 11.8 Å². The third-order valence-corrected chi connectivity index (χ3v) is 6.00. The topological polar surface area (TPSA) is 77.1 Å². The Hall–Kier alpha value is -3.19. The third-order valence-electron chi connectivity index (χ3n) is 5.67. The molecule has 1 saturated heterocycles. The van der Waals surface area contributed by atoms with E-state index < -0.39 is 5.91 Å². The van der Waals surface area contributed by atoms with Gasteiger partial charge in [0.15, 0.2) is 11.5 Å². The Morgan fingerprint density at radius 1 is 1.03 bits per heavy atom. The third kappa shape index (κ3) is 5.79. The second-order valence-corrected chi connectivity index (χ2v) is 8.33. The highest BCUT2D eigenvalue weighted by Crippen LogP contribution is 2.38. The van der Waals surface area contributed by atoms with Gasteiger partial charge in [0.05, 0.1) is 31.9 Å². The Bertz CT molecular complexity index is 1020. The molecule has 1 N–H and O–H groups in total. The van der Waals surface area contributed by atoms with Crippen LogP contribution in [-0.4, -0.2) is 51.1 Å². The van der Waals surface area contributed by atoms with Gasteiger partial charge in [-0.15, -0.1) is 0 Å². The average Bonchev–Trinajstić information content (AvgIpc) is 2.83. The molecule has 3 rings (SSSR count). The monoisotopic (exact) mass is 472 g/mol. The highest BCUT2D eigenvalue weighted by molar-refractivity contribution is 6.34. The van der Waals surface area contributed by atoms with E-state index in [0.29, 0.717) is 46.8 Å². The molecule has 0 bridgehead atoms. The first kappa shape index (κ1) is 24.5. The molecule has 1 aliphatic heterocycles. The first-order valence-electron chi connectivity index (χ1n) is 10.7. The minimum atomic E-state index is -0.460. The molecule has 7 nitrogen and oxygen atoms in total. The summed E-state index contributed by atoms with van der Waals surface area (Å²) in [6.45, 7) is 3.44. The number of nitrogens with zero attached hydrogens (tertiary/aromatic N) is 1. The van der Waals surface area contributed by atoms with E-state index in [0.717, 1.165) is 12.8 Å². The van der Waals surface area contributed by atoms with Crippen LogP contribution in [0.1, 0.15) is 35.7 Å². The molecule has 1 aliphatic rings. The number of hydrogen-bond donors (Lipinski definition) is 1. The molecule has 0 radical (unpaired) electrons. The quantitative estimate of drug-likeness (QED) is 0.604. The van der Waals surface area contributed by atoms with Crippen molar-refractivity contribution < 1.29 is 23.8 Å². The summed E-state index contributed by atoms with van der Waals surface area (Å²) in [6, 6.07) is 10.1. The zero-order chi connectivity index (χ0) is 24.0. The lowest BCUT2D eigenvalue weighted by atomic mass is 9.99. The second kappa shape index (κ2) is 11.1. The second-order valence-electron chi connectivity index (χ2n) is 7.93. The van der Waals surface area contributed by atoms with Crippen molar-refractivity contribution in [1.82, 2.24) is 10.2 Å². The van der Waals surface area contributed by atoms with E-state index in [4.69, 9.17) is 25.8 Å². The first-order chi connectivity index (χ1) is 15.9. The van der Waals surface area contributed by atoms with Crippen LogP contribution in [-0.2, 0) is 4.79 Å². The normalized spacial score (nSPS) is 14.6. The van der Waals surface area contributed by atoms with Crippen molar-refractivity contribution in [2.24, 2.45) is 5.92 Å². The SMILES string of the molecule is COc1cc(C=C(NC(=O)c2ccccc2Cl)C(=O)N2CCC(C)CC2)cc(OC)c1OC. The Kier molecular flexibility index (Phi) is 8.22. The summed E-state index contributed by atoms with van der Waals surface area (Å²) < 4.78 is 16.2. The molecule has 0 atom stereocenters. The predicted octanol–water partition coefficient (Wildman–Crippen LogP) is 4.40. The van der Waals surface area contributed by atoms with Crippen molar-refractivity contribution >= 4 is 29.5 Å². The van der Waals surface area contributed by atoms with E-state index in [9.17, 15) is 9.59 Å². The standard InChI is InChI=1S/C25H29ClN2O5/c1-16-9-11-28(12-10-16)25(30)20(27-24(29)18-7-5-6-8-19(18)26)13-17-14-21(31-2)23(33-4)22(15-17)32-3/h5-8,13-16H,9-12H2,1-4H3,(H,27,29). The lowest BCUT2D eigenvalue weighted by molar-refractivity contribution is -0.128. The number of hydrogen-bond acceptors (Lipinski definition) is 5. The summed E-state index contributed by atoms with van der Waals surface area (Å²) in [5.41, 5.74) is 1.04. The van der Waals surface area contributed by atoms with Crippen LogP contribution in [0.4, 0.5) is 0 Å².